The first-order valence-electron chi connectivity index (χ1n) is 9.38. The Balaban J connectivity index is 0.00000392. The van der Waals surface area contributed by atoms with E-state index in [0.717, 1.165) is 30.6 Å². The molecule has 154 valence electrons. The molecule has 0 unspecified atom stereocenters. The zero-order chi connectivity index (χ0) is 19.9. The van der Waals surface area contributed by atoms with Crippen molar-refractivity contribution in [3.8, 4) is 0 Å². The van der Waals surface area contributed by atoms with Crippen molar-refractivity contribution in [3.63, 3.8) is 0 Å². The zero-order valence-electron chi connectivity index (χ0n) is 17.6. The molecule has 0 radical (unpaired) electrons. The first kappa shape index (κ1) is 24.1. The Morgan fingerprint density at radius 1 is 1.18 bits per heavy atom. The molecule has 0 aliphatic heterocycles. The van der Waals surface area contributed by atoms with Gasteiger partial charge in [0.1, 0.15) is 12.4 Å². The maximum absolute atomic E-state index is 4.61. The smallest absolute Gasteiger partial charge is 0.191 e. The number of aliphatic imine (C=N–C) groups is 1. The molecule has 2 aromatic rings. The third kappa shape index (κ3) is 7.26. The molecule has 0 bridgehead atoms. The lowest BCUT2D eigenvalue weighted by Crippen LogP contribution is -2.38. The van der Waals surface area contributed by atoms with Crippen LogP contribution >= 0.6 is 24.0 Å². The van der Waals surface area contributed by atoms with E-state index in [0.29, 0.717) is 13.1 Å². The second-order valence-corrected chi connectivity index (χ2v) is 7.68. The summed E-state index contributed by atoms with van der Waals surface area (Å²) in [6.07, 6.45) is 2.75. The molecule has 0 spiro atoms. The van der Waals surface area contributed by atoms with Crippen LogP contribution in [0.25, 0.3) is 0 Å². The molecule has 7 heteroatoms. The first-order valence-corrected chi connectivity index (χ1v) is 9.38. The number of halogens is 1. The third-order valence-corrected chi connectivity index (χ3v) is 4.50. The number of nitrogens with one attached hydrogen (secondary N) is 2. The van der Waals surface area contributed by atoms with Crippen LogP contribution in [0.1, 0.15) is 43.5 Å². The standard InChI is InChI=1S/C21H32N6.HI/c1-7-13-22-20(24-15-19-26-25-16(2)27(19)6)23-14-12-17-8-10-18(11-9-17)21(3,4)5;/h7-11H,1,12-15H2,2-6H3,(H2,22,23,24);1H. The minimum atomic E-state index is 0. The summed E-state index contributed by atoms with van der Waals surface area (Å²) in [5, 5.41) is 14.8. The molecule has 1 heterocycles. The summed E-state index contributed by atoms with van der Waals surface area (Å²) in [5.41, 5.74) is 2.85. The zero-order valence-corrected chi connectivity index (χ0v) is 19.9. The Kier molecular flexibility index (Phi) is 9.64. The number of nitrogens with zero attached hydrogens (tertiary/aromatic N) is 4. The molecule has 28 heavy (non-hydrogen) atoms. The van der Waals surface area contributed by atoms with E-state index in [-0.39, 0.29) is 29.4 Å². The predicted octanol–water partition coefficient (Wildman–Crippen LogP) is 3.50. The van der Waals surface area contributed by atoms with Crippen LogP contribution in [-0.4, -0.2) is 33.8 Å². The second-order valence-electron chi connectivity index (χ2n) is 7.68. The molecule has 1 aromatic carbocycles. The van der Waals surface area contributed by atoms with Gasteiger partial charge in [-0.05, 0) is 29.9 Å². The predicted molar refractivity (Wildman–Crippen MR) is 127 cm³/mol. The summed E-state index contributed by atoms with van der Waals surface area (Å²) in [5.74, 6) is 2.47. The number of hydrogen-bond acceptors (Lipinski definition) is 3. The molecule has 0 aliphatic rings. The van der Waals surface area contributed by atoms with Crippen molar-refractivity contribution in [2.75, 3.05) is 13.1 Å². The highest BCUT2D eigenvalue weighted by Crippen LogP contribution is 2.22. The van der Waals surface area contributed by atoms with Gasteiger partial charge in [0, 0.05) is 20.1 Å². The summed E-state index contributed by atoms with van der Waals surface area (Å²) in [6.45, 7) is 14.3. The van der Waals surface area contributed by atoms with Crippen LogP contribution in [-0.2, 0) is 25.4 Å². The van der Waals surface area contributed by atoms with E-state index in [1.54, 1.807) is 0 Å². The van der Waals surface area contributed by atoms with Crippen molar-refractivity contribution in [2.24, 2.45) is 12.0 Å². The van der Waals surface area contributed by atoms with E-state index in [1.807, 2.05) is 24.6 Å². The van der Waals surface area contributed by atoms with Gasteiger partial charge in [0.15, 0.2) is 11.8 Å². The van der Waals surface area contributed by atoms with E-state index in [9.17, 15) is 0 Å². The van der Waals surface area contributed by atoms with Gasteiger partial charge in [-0.15, -0.1) is 40.8 Å². The Bertz CT molecular complexity index is 771. The minimum absolute atomic E-state index is 0. The van der Waals surface area contributed by atoms with Crippen molar-refractivity contribution in [2.45, 2.75) is 46.1 Å². The topological polar surface area (TPSA) is 67.1 Å². The molecule has 2 rings (SSSR count). The average molecular weight is 496 g/mol. The summed E-state index contributed by atoms with van der Waals surface area (Å²) in [6, 6.07) is 8.85. The molecule has 1 aromatic heterocycles. The van der Waals surface area contributed by atoms with Crippen molar-refractivity contribution < 1.29 is 0 Å². The SMILES string of the molecule is C=CCNC(=NCc1nnc(C)n1C)NCCc1ccc(C(C)(C)C)cc1.I. The van der Waals surface area contributed by atoms with E-state index in [1.165, 1.54) is 11.1 Å². The summed E-state index contributed by atoms with van der Waals surface area (Å²) < 4.78 is 1.95. The van der Waals surface area contributed by atoms with Crippen LogP contribution in [0.15, 0.2) is 41.9 Å². The van der Waals surface area contributed by atoms with Crippen LogP contribution in [0.4, 0.5) is 0 Å². The van der Waals surface area contributed by atoms with Gasteiger partial charge in [-0.3, -0.25) is 0 Å². The lowest BCUT2D eigenvalue weighted by atomic mass is 9.86. The highest BCUT2D eigenvalue weighted by Gasteiger charge is 2.12. The number of rotatable bonds is 7. The second kappa shape index (κ2) is 11.2. The summed E-state index contributed by atoms with van der Waals surface area (Å²) in [7, 11) is 1.95. The fourth-order valence-corrected chi connectivity index (χ4v) is 2.58. The lowest BCUT2D eigenvalue weighted by molar-refractivity contribution is 0.590. The van der Waals surface area contributed by atoms with Gasteiger partial charge in [-0.2, -0.15) is 0 Å². The van der Waals surface area contributed by atoms with Gasteiger partial charge in [0.05, 0.1) is 0 Å². The maximum atomic E-state index is 4.61. The molecule has 0 aliphatic carbocycles. The molecule has 6 nitrogen and oxygen atoms in total. The van der Waals surface area contributed by atoms with Crippen LogP contribution in [0.3, 0.4) is 0 Å². The number of aromatic nitrogens is 3. The summed E-state index contributed by atoms with van der Waals surface area (Å²) in [4.78, 5) is 4.61. The van der Waals surface area contributed by atoms with Crippen molar-refractivity contribution in [1.82, 2.24) is 25.4 Å². The molecule has 0 saturated carbocycles. The van der Waals surface area contributed by atoms with E-state index < -0.39 is 0 Å². The number of guanidine groups is 1. The van der Waals surface area contributed by atoms with Crippen molar-refractivity contribution in [1.29, 1.82) is 0 Å². The van der Waals surface area contributed by atoms with Crippen LogP contribution in [0.2, 0.25) is 0 Å². The highest BCUT2D eigenvalue weighted by atomic mass is 127. The van der Waals surface area contributed by atoms with E-state index in [4.69, 9.17) is 0 Å². The normalized spacial score (nSPS) is 11.7. The molecule has 0 saturated heterocycles. The molecule has 2 N–H and O–H groups in total. The van der Waals surface area contributed by atoms with Crippen LogP contribution < -0.4 is 10.6 Å². The minimum Gasteiger partial charge on any atom is -0.356 e. The van der Waals surface area contributed by atoms with Crippen LogP contribution in [0, 0.1) is 6.92 Å². The fourth-order valence-electron chi connectivity index (χ4n) is 2.58. The quantitative estimate of drug-likeness (QED) is 0.267. The fraction of sp³-hybridized carbons (Fsp3) is 0.476. The Labute approximate surface area is 186 Å². The molecular weight excluding hydrogens is 463 g/mol. The highest BCUT2D eigenvalue weighted by molar-refractivity contribution is 14.0. The first-order chi connectivity index (χ1) is 12.8. The largest absolute Gasteiger partial charge is 0.356 e. The van der Waals surface area contributed by atoms with Crippen LogP contribution in [0.5, 0.6) is 0 Å². The average Bonchev–Trinajstić information content (AvgIpc) is 2.95. The number of aryl methyl sites for hydroxylation is 1. The molecular formula is C21H33IN6. The Hall–Kier alpha value is -1.90. The van der Waals surface area contributed by atoms with Gasteiger partial charge in [0.25, 0.3) is 0 Å². The van der Waals surface area contributed by atoms with Gasteiger partial charge >= 0.3 is 0 Å². The maximum Gasteiger partial charge on any atom is 0.191 e. The van der Waals surface area contributed by atoms with E-state index >= 15 is 0 Å². The van der Waals surface area contributed by atoms with Crippen molar-refractivity contribution in [3.05, 3.63) is 59.7 Å². The monoisotopic (exact) mass is 496 g/mol. The number of hydrogen-bond donors (Lipinski definition) is 2. The summed E-state index contributed by atoms with van der Waals surface area (Å²) >= 11 is 0. The lowest BCUT2D eigenvalue weighted by Gasteiger charge is -2.19. The number of benzene rings is 1. The van der Waals surface area contributed by atoms with Gasteiger partial charge in [0.2, 0.25) is 0 Å². The Morgan fingerprint density at radius 3 is 2.39 bits per heavy atom. The van der Waals surface area contributed by atoms with E-state index in [2.05, 4.69) is 77.4 Å². The molecule has 0 amide bonds. The van der Waals surface area contributed by atoms with Gasteiger partial charge in [-0.25, -0.2) is 4.99 Å². The Morgan fingerprint density at radius 2 is 1.86 bits per heavy atom. The van der Waals surface area contributed by atoms with Crippen molar-refractivity contribution >= 4 is 29.9 Å². The third-order valence-electron chi connectivity index (χ3n) is 4.50. The van der Waals surface area contributed by atoms with Gasteiger partial charge in [-0.1, -0.05) is 51.1 Å². The molecule has 0 atom stereocenters. The molecule has 0 fully saturated rings. The van der Waals surface area contributed by atoms with Gasteiger partial charge < -0.3 is 15.2 Å².